The number of amides is 2. The molecule has 0 aromatic rings. The van der Waals surface area contributed by atoms with Crippen molar-refractivity contribution in [1.29, 1.82) is 0 Å². The van der Waals surface area contributed by atoms with Crippen LogP contribution >= 0.6 is 0 Å². The summed E-state index contributed by atoms with van der Waals surface area (Å²) in [6.45, 7) is 5.26. The molecule has 1 heterocycles. The van der Waals surface area contributed by atoms with Gasteiger partial charge in [0.1, 0.15) is 6.61 Å². The summed E-state index contributed by atoms with van der Waals surface area (Å²) in [6.07, 6.45) is -6.83. The van der Waals surface area contributed by atoms with Crippen molar-refractivity contribution in [2.45, 2.75) is 38.4 Å². The Balaban J connectivity index is 2.54. The van der Waals surface area contributed by atoms with Crippen LogP contribution < -0.4 is 0 Å². The monoisotopic (exact) mass is 265 g/mol. The number of carbonyl (C=O) groups is 2. The third-order valence-electron chi connectivity index (χ3n) is 2.56. The highest BCUT2D eigenvalue weighted by atomic mass is 19.4. The fraction of sp³-hybridized carbons (Fsp3) is 0.636. The molecule has 0 aromatic heterocycles. The first-order chi connectivity index (χ1) is 8.22. The van der Waals surface area contributed by atoms with Gasteiger partial charge >= 0.3 is 12.3 Å². The predicted molar refractivity (Wildman–Crippen MR) is 56.7 cm³/mol. The lowest BCUT2D eigenvalue weighted by molar-refractivity contribution is -0.139. The molecule has 1 saturated heterocycles. The maximum atomic E-state index is 11.9. The fourth-order valence-electron chi connectivity index (χ4n) is 1.62. The van der Waals surface area contributed by atoms with Gasteiger partial charge in [0, 0.05) is 12.8 Å². The molecule has 1 aliphatic heterocycles. The number of cyclic esters (lactones) is 1. The van der Waals surface area contributed by atoms with Gasteiger partial charge in [0.15, 0.2) is 0 Å². The molecule has 0 saturated carbocycles. The number of halogens is 3. The number of carbonyl (C=O) groups excluding carboxylic acids is 2. The van der Waals surface area contributed by atoms with Gasteiger partial charge in [0.05, 0.1) is 6.04 Å². The van der Waals surface area contributed by atoms with E-state index in [1.165, 1.54) is 0 Å². The molecule has 0 unspecified atom stereocenters. The van der Waals surface area contributed by atoms with Crippen LogP contribution in [0.25, 0.3) is 0 Å². The van der Waals surface area contributed by atoms with Crippen molar-refractivity contribution in [3.8, 4) is 0 Å². The van der Waals surface area contributed by atoms with Crippen LogP contribution in [0.4, 0.5) is 18.0 Å². The highest BCUT2D eigenvalue weighted by molar-refractivity contribution is 5.94. The van der Waals surface area contributed by atoms with Gasteiger partial charge in [0.25, 0.3) is 0 Å². The molecular formula is C11H14F3NO3. The standard InChI is InChI=1S/C11H14F3NO3/c1-7(2)8-6-18-10(17)15(8)9(16)4-3-5-11(12,13)14/h8H,1,3-6H2,2H3/t8-/m1/s1. The predicted octanol–water partition coefficient (Wildman–Crippen LogP) is 2.64. The Bertz CT molecular complexity index is 365. The molecule has 1 fully saturated rings. The lowest BCUT2D eigenvalue weighted by Crippen LogP contribution is -2.39. The van der Waals surface area contributed by atoms with E-state index >= 15 is 0 Å². The summed E-state index contributed by atoms with van der Waals surface area (Å²) in [4.78, 5) is 23.8. The Morgan fingerprint density at radius 2 is 2.17 bits per heavy atom. The number of alkyl halides is 3. The van der Waals surface area contributed by atoms with E-state index in [0.717, 1.165) is 4.90 Å². The molecule has 0 N–H and O–H groups in total. The third kappa shape index (κ3) is 3.75. The number of rotatable bonds is 4. The topological polar surface area (TPSA) is 46.6 Å². The van der Waals surface area contributed by atoms with Crippen molar-refractivity contribution in [2.75, 3.05) is 6.61 Å². The Hall–Kier alpha value is -1.53. The Morgan fingerprint density at radius 1 is 1.56 bits per heavy atom. The highest BCUT2D eigenvalue weighted by Crippen LogP contribution is 2.24. The lowest BCUT2D eigenvalue weighted by Gasteiger charge is -2.19. The van der Waals surface area contributed by atoms with E-state index in [9.17, 15) is 22.8 Å². The number of hydrogen-bond acceptors (Lipinski definition) is 3. The average Bonchev–Trinajstić information content (AvgIpc) is 2.58. The molecular weight excluding hydrogens is 251 g/mol. The van der Waals surface area contributed by atoms with E-state index in [1.807, 2.05) is 0 Å². The van der Waals surface area contributed by atoms with Gasteiger partial charge in [-0.25, -0.2) is 9.69 Å². The lowest BCUT2D eigenvalue weighted by atomic mass is 10.1. The molecule has 1 atom stereocenters. The van der Waals surface area contributed by atoms with Crippen LogP contribution in [0.5, 0.6) is 0 Å². The first-order valence-electron chi connectivity index (χ1n) is 5.43. The maximum absolute atomic E-state index is 11.9. The van der Waals surface area contributed by atoms with E-state index in [4.69, 9.17) is 4.74 Å². The van der Waals surface area contributed by atoms with E-state index < -0.39 is 30.6 Å². The Kier molecular flexibility index (Phi) is 4.37. The minimum absolute atomic E-state index is 0.0131. The van der Waals surface area contributed by atoms with Crippen LogP contribution in [-0.4, -0.2) is 35.7 Å². The quantitative estimate of drug-likeness (QED) is 0.734. The van der Waals surface area contributed by atoms with Crippen LogP contribution in [0.3, 0.4) is 0 Å². The van der Waals surface area contributed by atoms with Crippen LogP contribution in [0, 0.1) is 0 Å². The molecule has 102 valence electrons. The summed E-state index contributed by atoms with van der Waals surface area (Å²) in [5, 5.41) is 0. The Morgan fingerprint density at radius 3 is 2.67 bits per heavy atom. The van der Waals surface area contributed by atoms with Crippen molar-refractivity contribution in [3.05, 3.63) is 12.2 Å². The second-order valence-corrected chi connectivity index (χ2v) is 4.17. The van der Waals surface area contributed by atoms with Gasteiger partial charge in [0.2, 0.25) is 5.91 Å². The minimum Gasteiger partial charge on any atom is -0.447 e. The van der Waals surface area contributed by atoms with Gasteiger partial charge in [-0.05, 0) is 13.3 Å². The molecule has 7 heteroatoms. The highest BCUT2D eigenvalue weighted by Gasteiger charge is 2.38. The molecule has 0 bridgehead atoms. The number of nitrogens with zero attached hydrogens (tertiary/aromatic N) is 1. The number of hydrogen-bond donors (Lipinski definition) is 0. The summed E-state index contributed by atoms with van der Waals surface area (Å²) >= 11 is 0. The van der Waals surface area contributed by atoms with Gasteiger partial charge in [-0.2, -0.15) is 13.2 Å². The third-order valence-corrected chi connectivity index (χ3v) is 2.56. The average molecular weight is 265 g/mol. The maximum Gasteiger partial charge on any atom is 0.417 e. The van der Waals surface area contributed by atoms with Crippen molar-refractivity contribution in [3.63, 3.8) is 0 Å². The van der Waals surface area contributed by atoms with Gasteiger partial charge in [-0.1, -0.05) is 12.2 Å². The molecule has 0 spiro atoms. The van der Waals surface area contributed by atoms with Crippen LogP contribution in [0.1, 0.15) is 26.2 Å². The summed E-state index contributed by atoms with van der Waals surface area (Å²) in [6, 6.07) is -0.573. The zero-order valence-electron chi connectivity index (χ0n) is 9.92. The Labute approximate surface area is 102 Å². The van der Waals surface area contributed by atoms with Gasteiger partial charge in [-0.15, -0.1) is 0 Å². The fourth-order valence-corrected chi connectivity index (χ4v) is 1.62. The molecule has 0 aromatic carbocycles. The van der Waals surface area contributed by atoms with Gasteiger partial charge in [-0.3, -0.25) is 4.79 Å². The van der Waals surface area contributed by atoms with Crippen molar-refractivity contribution < 1.29 is 27.5 Å². The van der Waals surface area contributed by atoms with E-state index in [2.05, 4.69) is 6.58 Å². The zero-order valence-corrected chi connectivity index (χ0v) is 9.92. The largest absolute Gasteiger partial charge is 0.447 e. The molecule has 0 radical (unpaired) electrons. The van der Waals surface area contributed by atoms with E-state index in [-0.39, 0.29) is 19.4 Å². The minimum atomic E-state index is -4.29. The first-order valence-corrected chi connectivity index (χ1v) is 5.43. The van der Waals surface area contributed by atoms with E-state index in [1.54, 1.807) is 6.92 Å². The zero-order chi connectivity index (χ0) is 13.9. The summed E-state index contributed by atoms with van der Waals surface area (Å²) in [7, 11) is 0. The second-order valence-electron chi connectivity index (χ2n) is 4.17. The normalized spacial score (nSPS) is 19.9. The second kappa shape index (κ2) is 5.41. The summed E-state index contributed by atoms with van der Waals surface area (Å²) in [5.74, 6) is -0.658. The first kappa shape index (κ1) is 14.5. The van der Waals surface area contributed by atoms with Crippen molar-refractivity contribution >= 4 is 12.0 Å². The molecule has 0 aliphatic carbocycles. The van der Waals surface area contributed by atoms with Gasteiger partial charge < -0.3 is 4.74 Å². The van der Waals surface area contributed by atoms with Crippen LogP contribution in [-0.2, 0) is 9.53 Å². The number of imide groups is 1. The number of ether oxygens (including phenoxy) is 1. The molecule has 18 heavy (non-hydrogen) atoms. The SMILES string of the molecule is C=C(C)[C@H]1COC(=O)N1C(=O)CCCC(F)(F)F. The smallest absolute Gasteiger partial charge is 0.417 e. The molecule has 4 nitrogen and oxygen atoms in total. The molecule has 2 amide bonds. The van der Waals surface area contributed by atoms with E-state index in [0.29, 0.717) is 5.57 Å². The molecule has 1 aliphatic rings. The van der Waals surface area contributed by atoms with Crippen LogP contribution in [0.15, 0.2) is 12.2 Å². The van der Waals surface area contributed by atoms with Crippen molar-refractivity contribution in [2.24, 2.45) is 0 Å². The molecule has 1 rings (SSSR count). The van der Waals surface area contributed by atoms with Crippen LogP contribution in [0.2, 0.25) is 0 Å². The summed E-state index contributed by atoms with van der Waals surface area (Å²) in [5.41, 5.74) is 0.560. The summed E-state index contributed by atoms with van der Waals surface area (Å²) < 4.78 is 40.5. The van der Waals surface area contributed by atoms with Crippen molar-refractivity contribution in [1.82, 2.24) is 4.90 Å².